The fourth-order valence-corrected chi connectivity index (χ4v) is 2.00. The van der Waals surface area contributed by atoms with Crippen LogP contribution in [0.5, 0.6) is 0 Å². The Morgan fingerprint density at radius 1 is 1.29 bits per heavy atom. The van der Waals surface area contributed by atoms with Crippen LogP contribution in [0.1, 0.15) is 5.56 Å². The molecule has 0 fully saturated rings. The molecule has 0 aliphatic heterocycles. The lowest BCUT2D eigenvalue weighted by molar-refractivity contribution is -0.399. The molecule has 1 heterocycles. The molecular formula is C11H14BF3N2. The van der Waals surface area contributed by atoms with Crippen molar-refractivity contribution in [2.45, 2.75) is 12.4 Å². The van der Waals surface area contributed by atoms with Gasteiger partial charge < -0.3 is 23.2 Å². The number of hydrogen-bond donors (Lipinski definition) is 1. The molecule has 0 radical (unpaired) electrons. The quantitative estimate of drug-likeness (QED) is 0.795. The van der Waals surface area contributed by atoms with E-state index in [2.05, 4.69) is 5.73 Å². The van der Waals surface area contributed by atoms with Gasteiger partial charge in [0.25, 0.3) is 0 Å². The minimum atomic E-state index is -4.87. The maximum absolute atomic E-state index is 12.5. The summed E-state index contributed by atoms with van der Waals surface area (Å²) in [6, 6.07) is 7.46. The maximum atomic E-state index is 12.5. The summed E-state index contributed by atoms with van der Waals surface area (Å²) < 4.78 is 39.5. The van der Waals surface area contributed by atoms with Gasteiger partial charge in [-0.25, -0.2) is 0 Å². The van der Waals surface area contributed by atoms with Crippen LogP contribution in [0, 0.1) is 0 Å². The van der Waals surface area contributed by atoms with Crippen LogP contribution in [-0.4, -0.2) is 17.5 Å². The molecule has 17 heavy (non-hydrogen) atoms. The van der Waals surface area contributed by atoms with Gasteiger partial charge in [-0.1, -0.05) is 18.2 Å². The van der Waals surface area contributed by atoms with Crippen molar-refractivity contribution in [1.82, 2.24) is 4.57 Å². The number of quaternary nitrogens is 1. The monoisotopic (exact) mass is 242 g/mol. The molecule has 0 saturated heterocycles. The largest absolute Gasteiger partial charge is 0.535 e. The number of halogens is 3. The fourth-order valence-electron chi connectivity index (χ4n) is 2.00. The molecule has 0 aliphatic carbocycles. The van der Waals surface area contributed by atoms with Gasteiger partial charge in [0, 0.05) is 30.6 Å². The summed E-state index contributed by atoms with van der Waals surface area (Å²) >= 11 is 0. The highest BCUT2D eigenvalue weighted by molar-refractivity contribution is 6.59. The Hall–Kier alpha value is -1.43. The van der Waals surface area contributed by atoms with Crippen LogP contribution in [0.3, 0.4) is 0 Å². The predicted octanol–water partition coefficient (Wildman–Crippen LogP) is 1.72. The molecule has 1 aromatic carbocycles. The SMILES string of the molecule is Cn1cc(CC([NH3+])[B-](F)(F)F)c2ccccc21. The highest BCUT2D eigenvalue weighted by Gasteiger charge is 2.36. The van der Waals surface area contributed by atoms with E-state index in [-0.39, 0.29) is 6.42 Å². The lowest BCUT2D eigenvalue weighted by atomic mass is 9.76. The number of para-hydroxylation sites is 1. The number of fused-ring (bicyclic) bond motifs is 1. The maximum Gasteiger partial charge on any atom is 0.535 e. The number of aryl methyl sites for hydroxylation is 1. The van der Waals surface area contributed by atoms with Crippen molar-refractivity contribution in [3.63, 3.8) is 0 Å². The van der Waals surface area contributed by atoms with Gasteiger partial charge in [0.2, 0.25) is 0 Å². The van der Waals surface area contributed by atoms with E-state index in [1.807, 2.05) is 35.9 Å². The smallest absolute Gasteiger partial charge is 0.445 e. The summed E-state index contributed by atoms with van der Waals surface area (Å²) in [6.45, 7) is -4.87. The minimum absolute atomic E-state index is 0.0507. The van der Waals surface area contributed by atoms with E-state index in [4.69, 9.17) is 0 Å². The molecule has 3 N–H and O–H groups in total. The van der Waals surface area contributed by atoms with Crippen molar-refractivity contribution in [1.29, 1.82) is 0 Å². The Bertz CT molecular complexity index is 533. The first kappa shape index (κ1) is 12.0. The first-order chi connectivity index (χ1) is 7.89. The Balaban J connectivity index is 2.37. The van der Waals surface area contributed by atoms with E-state index in [0.29, 0.717) is 5.56 Å². The van der Waals surface area contributed by atoms with Crippen molar-refractivity contribution in [2.75, 3.05) is 0 Å². The zero-order valence-corrected chi connectivity index (χ0v) is 9.54. The molecule has 1 aromatic heterocycles. The van der Waals surface area contributed by atoms with Crippen LogP contribution in [0.2, 0.25) is 0 Å². The Morgan fingerprint density at radius 2 is 1.94 bits per heavy atom. The van der Waals surface area contributed by atoms with Crippen molar-refractivity contribution in [3.05, 3.63) is 36.0 Å². The summed E-state index contributed by atoms with van der Waals surface area (Å²) in [6.07, 6.45) is 1.70. The molecule has 2 rings (SSSR count). The van der Waals surface area contributed by atoms with Gasteiger partial charge >= 0.3 is 6.98 Å². The van der Waals surface area contributed by atoms with Gasteiger partial charge in [0.1, 0.15) is 0 Å². The molecule has 92 valence electrons. The Morgan fingerprint density at radius 3 is 2.59 bits per heavy atom. The first-order valence-electron chi connectivity index (χ1n) is 5.45. The van der Waals surface area contributed by atoms with Crippen molar-refractivity contribution in [2.24, 2.45) is 7.05 Å². The first-order valence-corrected chi connectivity index (χ1v) is 5.45. The van der Waals surface area contributed by atoms with Crippen LogP contribution in [0.25, 0.3) is 10.9 Å². The summed E-state index contributed by atoms with van der Waals surface area (Å²) in [5, 5.41) is 0.878. The van der Waals surface area contributed by atoms with Crippen LogP contribution in [-0.2, 0) is 13.5 Å². The standard InChI is InChI=1S/C11H13BF3N2/c1-17-7-8(6-11(16)12(13,14)15)9-4-2-3-5-10(9)17/h2-5,7,11H,6,16H2,1H3/q-1/p+1. The second-order valence-electron chi connectivity index (χ2n) is 4.37. The van der Waals surface area contributed by atoms with Gasteiger partial charge in [-0.3, -0.25) is 0 Å². The zero-order valence-electron chi connectivity index (χ0n) is 9.54. The van der Waals surface area contributed by atoms with Gasteiger partial charge in [-0.05, 0) is 11.6 Å². The molecule has 6 heteroatoms. The number of benzene rings is 1. The van der Waals surface area contributed by atoms with Crippen LogP contribution in [0.4, 0.5) is 12.9 Å². The average Bonchev–Trinajstić information content (AvgIpc) is 2.56. The van der Waals surface area contributed by atoms with Crippen LogP contribution in [0.15, 0.2) is 30.5 Å². The van der Waals surface area contributed by atoms with Crippen molar-refractivity contribution in [3.8, 4) is 0 Å². The van der Waals surface area contributed by atoms with E-state index >= 15 is 0 Å². The third-order valence-electron chi connectivity index (χ3n) is 3.00. The molecular weight excluding hydrogens is 228 g/mol. The molecule has 0 amide bonds. The van der Waals surface area contributed by atoms with Gasteiger partial charge in [-0.15, -0.1) is 0 Å². The Labute approximate surface area is 97.3 Å². The number of hydrogen-bond acceptors (Lipinski definition) is 0. The topological polar surface area (TPSA) is 32.6 Å². The predicted molar refractivity (Wildman–Crippen MR) is 62.4 cm³/mol. The van der Waals surface area contributed by atoms with E-state index in [9.17, 15) is 12.9 Å². The van der Waals surface area contributed by atoms with Crippen LogP contribution >= 0.6 is 0 Å². The van der Waals surface area contributed by atoms with E-state index in [1.54, 1.807) is 6.20 Å². The molecule has 0 spiro atoms. The second kappa shape index (κ2) is 4.11. The zero-order chi connectivity index (χ0) is 12.6. The molecule has 2 aromatic rings. The van der Waals surface area contributed by atoms with Gasteiger partial charge in [0.15, 0.2) is 0 Å². The number of aromatic nitrogens is 1. The molecule has 1 unspecified atom stereocenters. The summed E-state index contributed by atoms with van der Waals surface area (Å²) in [5.74, 6) is -1.50. The number of nitrogens with zero attached hydrogens (tertiary/aromatic N) is 1. The third kappa shape index (κ3) is 2.31. The Kier molecular flexibility index (Phi) is 2.91. The molecule has 0 aliphatic rings. The van der Waals surface area contributed by atoms with E-state index < -0.39 is 12.9 Å². The molecule has 0 saturated carbocycles. The summed E-state index contributed by atoms with van der Waals surface area (Å²) in [7, 11) is 1.84. The van der Waals surface area contributed by atoms with Crippen molar-refractivity contribution < 1.29 is 18.7 Å². The summed E-state index contributed by atoms with van der Waals surface area (Å²) in [4.78, 5) is 0. The lowest BCUT2D eigenvalue weighted by Gasteiger charge is -2.18. The average molecular weight is 242 g/mol. The highest BCUT2D eigenvalue weighted by Crippen LogP contribution is 2.23. The third-order valence-corrected chi connectivity index (χ3v) is 3.00. The van der Waals surface area contributed by atoms with E-state index in [1.165, 1.54) is 0 Å². The number of rotatable bonds is 3. The fraction of sp³-hybridized carbons (Fsp3) is 0.273. The summed E-state index contributed by atoms with van der Waals surface area (Å²) in [5.41, 5.74) is 4.87. The highest BCUT2D eigenvalue weighted by atomic mass is 19.4. The molecule has 2 nitrogen and oxygen atoms in total. The molecule has 1 atom stereocenters. The minimum Gasteiger partial charge on any atom is -0.445 e. The second-order valence-corrected chi connectivity index (χ2v) is 4.37. The van der Waals surface area contributed by atoms with Crippen LogP contribution < -0.4 is 5.73 Å². The molecule has 0 bridgehead atoms. The lowest BCUT2D eigenvalue weighted by Crippen LogP contribution is -2.71. The van der Waals surface area contributed by atoms with Gasteiger partial charge in [-0.2, -0.15) is 0 Å². The van der Waals surface area contributed by atoms with Gasteiger partial charge in [0.05, 0.1) is 5.94 Å². The normalized spacial score (nSPS) is 14.2. The van der Waals surface area contributed by atoms with Crippen molar-refractivity contribution >= 4 is 17.9 Å². The van der Waals surface area contributed by atoms with E-state index in [0.717, 1.165) is 10.9 Å².